The number of benzene rings is 1. The Morgan fingerprint density at radius 2 is 2.19 bits per heavy atom. The van der Waals surface area contributed by atoms with Crippen LogP contribution in [0, 0.1) is 5.92 Å². The Morgan fingerprint density at radius 3 is 2.75 bits per heavy atom. The van der Waals surface area contributed by atoms with Crippen molar-refractivity contribution >= 4 is 37.5 Å². The Bertz CT molecular complexity index is 405. The quantitative estimate of drug-likeness (QED) is 0.721. The molecule has 2 bridgehead atoms. The smallest absolute Gasteiger partial charge is 0.0380 e. The van der Waals surface area contributed by atoms with Crippen LogP contribution in [0.25, 0.3) is 0 Å². The summed E-state index contributed by atoms with van der Waals surface area (Å²) in [5.41, 5.74) is 2.72. The average Bonchev–Trinajstić information content (AvgIpc) is 2.90. The number of halogens is 2. The van der Waals surface area contributed by atoms with Crippen LogP contribution in [0.2, 0.25) is 0 Å². The third kappa shape index (κ3) is 1.82. The molecule has 16 heavy (non-hydrogen) atoms. The van der Waals surface area contributed by atoms with Gasteiger partial charge in [0, 0.05) is 28.1 Å². The molecular formula is C13H15Br2N. The van der Waals surface area contributed by atoms with E-state index in [4.69, 9.17) is 0 Å². The average molecular weight is 345 g/mol. The van der Waals surface area contributed by atoms with Gasteiger partial charge in [-0.25, -0.2) is 0 Å². The first kappa shape index (κ1) is 11.1. The van der Waals surface area contributed by atoms with Gasteiger partial charge in [-0.1, -0.05) is 37.9 Å². The first-order valence-corrected chi connectivity index (χ1v) is 7.80. The maximum Gasteiger partial charge on any atom is 0.0380 e. The molecule has 2 aliphatic rings. The van der Waals surface area contributed by atoms with E-state index in [2.05, 4.69) is 55.0 Å². The highest BCUT2D eigenvalue weighted by atomic mass is 79.9. The molecule has 0 aromatic heterocycles. The van der Waals surface area contributed by atoms with Gasteiger partial charge in [-0.3, -0.25) is 0 Å². The van der Waals surface area contributed by atoms with E-state index in [0.717, 1.165) is 17.3 Å². The van der Waals surface area contributed by atoms with Crippen molar-refractivity contribution in [2.24, 2.45) is 5.92 Å². The molecule has 1 aliphatic heterocycles. The third-order valence-electron chi connectivity index (χ3n) is 3.92. The van der Waals surface area contributed by atoms with Gasteiger partial charge in [-0.2, -0.15) is 0 Å². The van der Waals surface area contributed by atoms with Crippen LogP contribution in [0.5, 0.6) is 0 Å². The zero-order chi connectivity index (χ0) is 11.1. The van der Waals surface area contributed by atoms with E-state index in [1.165, 1.54) is 41.5 Å². The Morgan fingerprint density at radius 1 is 1.31 bits per heavy atom. The first-order chi connectivity index (χ1) is 7.78. The van der Waals surface area contributed by atoms with Crippen molar-refractivity contribution in [2.75, 3.05) is 11.4 Å². The van der Waals surface area contributed by atoms with Gasteiger partial charge in [0.15, 0.2) is 0 Å². The molecule has 1 aromatic carbocycles. The molecule has 2 unspecified atom stereocenters. The number of alkyl halides is 1. The molecule has 3 heteroatoms. The molecule has 2 fully saturated rings. The third-order valence-corrected chi connectivity index (χ3v) is 5.26. The molecule has 0 radical (unpaired) electrons. The molecule has 0 amide bonds. The predicted molar refractivity (Wildman–Crippen MR) is 75.2 cm³/mol. The zero-order valence-electron chi connectivity index (χ0n) is 9.13. The van der Waals surface area contributed by atoms with Crippen LogP contribution in [0.3, 0.4) is 0 Å². The minimum Gasteiger partial charge on any atom is -0.368 e. The second-order valence-corrected chi connectivity index (χ2v) is 6.31. The number of rotatable bonds is 2. The summed E-state index contributed by atoms with van der Waals surface area (Å²) in [5.74, 6) is 0.958. The van der Waals surface area contributed by atoms with Gasteiger partial charge in [-0.05, 0) is 42.9 Å². The van der Waals surface area contributed by atoms with Gasteiger partial charge in [0.05, 0.1) is 0 Å². The summed E-state index contributed by atoms with van der Waals surface area (Å²) in [4.78, 5) is 2.59. The van der Waals surface area contributed by atoms with Gasteiger partial charge >= 0.3 is 0 Å². The van der Waals surface area contributed by atoms with Gasteiger partial charge in [0.25, 0.3) is 0 Å². The van der Waals surface area contributed by atoms with Crippen LogP contribution >= 0.6 is 31.9 Å². The van der Waals surface area contributed by atoms with Crippen molar-refractivity contribution in [1.82, 2.24) is 0 Å². The summed E-state index contributed by atoms with van der Waals surface area (Å²) in [6.07, 6.45) is 4.25. The summed E-state index contributed by atoms with van der Waals surface area (Å²) in [7, 11) is 0. The Labute approximate surface area is 113 Å². The number of nitrogens with zero attached hydrogens (tertiary/aromatic N) is 1. The predicted octanol–water partition coefficient (Wildman–Crippen LogP) is 4.33. The summed E-state index contributed by atoms with van der Waals surface area (Å²) >= 11 is 7.16. The normalized spacial score (nSPS) is 27.8. The largest absolute Gasteiger partial charge is 0.368 e. The van der Waals surface area contributed by atoms with Crippen LogP contribution in [-0.4, -0.2) is 12.6 Å². The second-order valence-electron chi connectivity index (χ2n) is 4.89. The van der Waals surface area contributed by atoms with Crippen molar-refractivity contribution in [3.8, 4) is 0 Å². The molecule has 0 N–H and O–H groups in total. The lowest BCUT2D eigenvalue weighted by Crippen LogP contribution is -2.31. The second kappa shape index (κ2) is 4.34. The van der Waals surface area contributed by atoms with Gasteiger partial charge < -0.3 is 4.90 Å². The van der Waals surface area contributed by atoms with Crippen LogP contribution in [0.15, 0.2) is 22.7 Å². The number of anilines is 1. The van der Waals surface area contributed by atoms with Crippen molar-refractivity contribution in [1.29, 1.82) is 0 Å². The number of piperidine rings is 1. The lowest BCUT2D eigenvalue weighted by Gasteiger charge is -2.29. The highest BCUT2D eigenvalue weighted by Gasteiger charge is 2.37. The summed E-state index contributed by atoms with van der Waals surface area (Å²) in [5, 5.41) is 0.917. The minimum atomic E-state index is 0.812. The first-order valence-electron chi connectivity index (χ1n) is 5.89. The Kier molecular flexibility index (Phi) is 3.01. The van der Waals surface area contributed by atoms with Crippen molar-refractivity contribution in [3.05, 3.63) is 28.2 Å². The topological polar surface area (TPSA) is 3.24 Å². The molecule has 1 saturated heterocycles. The van der Waals surface area contributed by atoms with Crippen LogP contribution < -0.4 is 4.90 Å². The highest BCUT2D eigenvalue weighted by Crippen LogP contribution is 2.41. The zero-order valence-corrected chi connectivity index (χ0v) is 12.3. The lowest BCUT2D eigenvalue weighted by molar-refractivity contribution is 0.553. The lowest BCUT2D eigenvalue weighted by atomic mass is 10.1. The van der Waals surface area contributed by atoms with Crippen LogP contribution in [0.1, 0.15) is 24.8 Å². The van der Waals surface area contributed by atoms with E-state index in [0.29, 0.717) is 0 Å². The number of fused-ring (bicyclic) bond motifs is 2. The fraction of sp³-hybridized carbons (Fsp3) is 0.538. The summed E-state index contributed by atoms with van der Waals surface area (Å²) in [6.45, 7) is 1.27. The van der Waals surface area contributed by atoms with Crippen molar-refractivity contribution < 1.29 is 0 Å². The maximum atomic E-state index is 3.65. The SMILES string of the molecule is BrCc1ccc(N2CC3CCC2C3)cc1Br. The van der Waals surface area contributed by atoms with Gasteiger partial charge in [0.1, 0.15) is 0 Å². The van der Waals surface area contributed by atoms with Crippen molar-refractivity contribution in [3.63, 3.8) is 0 Å². The molecule has 0 spiro atoms. The van der Waals surface area contributed by atoms with E-state index in [9.17, 15) is 0 Å². The molecule has 1 aliphatic carbocycles. The Hall–Kier alpha value is -0.0200. The van der Waals surface area contributed by atoms with Crippen LogP contribution in [0.4, 0.5) is 5.69 Å². The molecule has 1 aromatic rings. The van der Waals surface area contributed by atoms with Gasteiger partial charge in [0.2, 0.25) is 0 Å². The number of hydrogen-bond donors (Lipinski definition) is 0. The Balaban J connectivity index is 1.87. The summed E-state index contributed by atoms with van der Waals surface area (Å²) < 4.78 is 1.23. The molecule has 3 rings (SSSR count). The number of hydrogen-bond acceptors (Lipinski definition) is 1. The maximum absolute atomic E-state index is 3.65. The molecule has 1 heterocycles. The molecule has 2 atom stereocenters. The monoisotopic (exact) mass is 343 g/mol. The summed E-state index contributed by atoms with van der Waals surface area (Å²) in [6, 6.07) is 7.58. The fourth-order valence-corrected chi connectivity index (χ4v) is 4.44. The molecular weight excluding hydrogens is 330 g/mol. The molecule has 1 saturated carbocycles. The highest BCUT2D eigenvalue weighted by molar-refractivity contribution is 9.10. The molecule has 1 nitrogen and oxygen atoms in total. The molecule has 86 valence electrons. The van der Waals surface area contributed by atoms with Crippen LogP contribution in [-0.2, 0) is 5.33 Å². The standard InChI is InChI=1S/C13H15Br2N/c14-7-10-2-4-12(6-13(10)15)16-8-9-1-3-11(16)5-9/h2,4,6,9,11H,1,3,5,7-8H2. The van der Waals surface area contributed by atoms with E-state index in [1.807, 2.05) is 0 Å². The van der Waals surface area contributed by atoms with Gasteiger partial charge in [-0.15, -0.1) is 0 Å². The minimum absolute atomic E-state index is 0.812. The van der Waals surface area contributed by atoms with E-state index in [-0.39, 0.29) is 0 Å². The van der Waals surface area contributed by atoms with E-state index < -0.39 is 0 Å². The van der Waals surface area contributed by atoms with E-state index >= 15 is 0 Å². The van der Waals surface area contributed by atoms with E-state index in [1.54, 1.807) is 0 Å². The van der Waals surface area contributed by atoms with Crippen molar-refractivity contribution in [2.45, 2.75) is 30.6 Å². The fourth-order valence-electron chi connectivity index (χ4n) is 3.06.